The van der Waals surface area contributed by atoms with Crippen molar-refractivity contribution in [2.75, 3.05) is 27.2 Å². The van der Waals surface area contributed by atoms with E-state index in [0.29, 0.717) is 35.5 Å². The SMILES string of the molecule is CC(c1nc2ccccc2c(=O)n1-c1ccc(Br)cc1)N(CCN(C)C)C(=O)c1ccccc1F. The van der Waals surface area contributed by atoms with Crippen LogP contribution in [0.25, 0.3) is 16.6 Å². The summed E-state index contributed by atoms with van der Waals surface area (Å²) in [6.45, 7) is 2.70. The first-order valence-corrected chi connectivity index (χ1v) is 12.0. The normalized spacial score (nSPS) is 12.2. The molecule has 0 aliphatic carbocycles. The van der Waals surface area contributed by atoms with E-state index in [1.165, 1.54) is 16.7 Å². The Kier molecular flexibility index (Phi) is 7.42. The number of amides is 1. The van der Waals surface area contributed by atoms with Gasteiger partial charge >= 0.3 is 0 Å². The Hall–Kier alpha value is -3.36. The molecule has 0 aliphatic heterocycles. The van der Waals surface area contributed by atoms with E-state index in [4.69, 9.17) is 4.98 Å². The Labute approximate surface area is 211 Å². The molecule has 4 rings (SSSR count). The smallest absolute Gasteiger partial charge is 0.266 e. The highest BCUT2D eigenvalue weighted by Gasteiger charge is 2.29. The minimum Gasteiger partial charge on any atom is -0.327 e. The minimum atomic E-state index is -0.622. The molecule has 4 aromatic rings. The van der Waals surface area contributed by atoms with Gasteiger partial charge in [-0.3, -0.25) is 14.2 Å². The molecule has 0 fully saturated rings. The Balaban J connectivity index is 1.91. The van der Waals surface area contributed by atoms with Crippen LogP contribution in [0.3, 0.4) is 0 Å². The molecule has 0 bridgehead atoms. The van der Waals surface area contributed by atoms with Crippen LogP contribution >= 0.6 is 15.9 Å². The van der Waals surface area contributed by atoms with Crippen LogP contribution in [0, 0.1) is 5.82 Å². The molecule has 0 aliphatic rings. The molecule has 6 nitrogen and oxygen atoms in total. The summed E-state index contributed by atoms with van der Waals surface area (Å²) < 4.78 is 17.0. The first kappa shape index (κ1) is 24.8. The number of hydrogen-bond donors (Lipinski definition) is 0. The molecular formula is C27H26BrFN4O2. The van der Waals surface area contributed by atoms with Gasteiger partial charge in [0, 0.05) is 17.6 Å². The van der Waals surface area contributed by atoms with Crippen LogP contribution in [0.2, 0.25) is 0 Å². The summed E-state index contributed by atoms with van der Waals surface area (Å²) in [7, 11) is 3.81. The second kappa shape index (κ2) is 10.5. The standard InChI is InChI=1S/C27H26BrFN4O2/c1-18(32(17-16-31(2)3)26(34)21-8-4-6-10-23(21)29)25-30-24-11-7-5-9-22(24)27(35)33(25)20-14-12-19(28)13-15-20/h4-15,18H,16-17H2,1-3H3. The van der Waals surface area contributed by atoms with Crippen molar-refractivity contribution in [2.45, 2.75) is 13.0 Å². The maximum Gasteiger partial charge on any atom is 0.266 e. The van der Waals surface area contributed by atoms with Gasteiger partial charge in [0.05, 0.1) is 28.2 Å². The largest absolute Gasteiger partial charge is 0.327 e. The zero-order valence-electron chi connectivity index (χ0n) is 19.8. The number of fused-ring (bicyclic) bond motifs is 1. The molecule has 1 aromatic heterocycles. The summed E-state index contributed by atoms with van der Waals surface area (Å²) in [5, 5.41) is 0.478. The lowest BCUT2D eigenvalue weighted by atomic mass is 10.1. The van der Waals surface area contributed by atoms with Crippen molar-refractivity contribution in [3.05, 3.63) is 105 Å². The molecule has 0 radical (unpaired) electrons. The lowest BCUT2D eigenvalue weighted by Crippen LogP contribution is -2.41. The van der Waals surface area contributed by atoms with Crippen LogP contribution < -0.4 is 5.56 Å². The Morgan fingerprint density at radius 3 is 2.34 bits per heavy atom. The average Bonchev–Trinajstić information content (AvgIpc) is 2.84. The molecule has 0 N–H and O–H groups in total. The molecule has 180 valence electrons. The van der Waals surface area contributed by atoms with E-state index in [1.54, 1.807) is 35.2 Å². The maximum atomic E-state index is 14.6. The lowest BCUT2D eigenvalue weighted by molar-refractivity contribution is 0.0662. The first-order valence-electron chi connectivity index (χ1n) is 11.3. The summed E-state index contributed by atoms with van der Waals surface area (Å²) in [6.07, 6.45) is 0. The van der Waals surface area contributed by atoms with E-state index in [1.807, 2.05) is 56.3 Å². The third-order valence-electron chi connectivity index (χ3n) is 5.88. The second-order valence-electron chi connectivity index (χ2n) is 8.56. The molecule has 8 heteroatoms. The van der Waals surface area contributed by atoms with E-state index in [9.17, 15) is 14.0 Å². The zero-order chi connectivity index (χ0) is 25.1. The number of likely N-dealkylation sites (N-methyl/N-ethyl adjacent to an activating group) is 1. The van der Waals surface area contributed by atoms with Crippen LogP contribution in [-0.2, 0) is 0 Å². The lowest BCUT2D eigenvalue weighted by Gasteiger charge is -2.31. The van der Waals surface area contributed by atoms with Crippen molar-refractivity contribution < 1.29 is 9.18 Å². The third kappa shape index (κ3) is 5.18. The average molecular weight is 537 g/mol. The number of rotatable bonds is 7. The van der Waals surface area contributed by atoms with E-state index in [2.05, 4.69) is 15.9 Å². The van der Waals surface area contributed by atoms with Crippen LogP contribution in [0.5, 0.6) is 0 Å². The van der Waals surface area contributed by atoms with E-state index >= 15 is 0 Å². The van der Waals surface area contributed by atoms with Gasteiger partial charge in [-0.25, -0.2) is 9.37 Å². The fraction of sp³-hybridized carbons (Fsp3) is 0.222. The molecule has 35 heavy (non-hydrogen) atoms. The quantitative estimate of drug-likeness (QED) is 0.331. The van der Waals surface area contributed by atoms with Gasteiger partial charge in [-0.15, -0.1) is 0 Å². The van der Waals surface area contributed by atoms with E-state index in [-0.39, 0.29) is 11.1 Å². The number of carbonyl (C=O) groups is 1. The van der Waals surface area contributed by atoms with Crippen LogP contribution in [0.15, 0.2) is 82.1 Å². The molecule has 1 atom stereocenters. The molecule has 0 saturated heterocycles. The predicted octanol–water partition coefficient (Wildman–Crippen LogP) is 5.05. The fourth-order valence-electron chi connectivity index (χ4n) is 3.98. The number of para-hydroxylation sites is 1. The van der Waals surface area contributed by atoms with Crippen molar-refractivity contribution in [1.82, 2.24) is 19.4 Å². The summed E-state index contributed by atoms with van der Waals surface area (Å²) in [5.74, 6) is -0.641. The van der Waals surface area contributed by atoms with Crippen molar-refractivity contribution in [3.8, 4) is 5.69 Å². The van der Waals surface area contributed by atoms with Crippen molar-refractivity contribution >= 4 is 32.7 Å². The van der Waals surface area contributed by atoms with Crippen LogP contribution in [-0.4, -0.2) is 52.4 Å². The van der Waals surface area contributed by atoms with Crippen molar-refractivity contribution in [1.29, 1.82) is 0 Å². The van der Waals surface area contributed by atoms with Gasteiger partial charge in [0.15, 0.2) is 0 Å². The van der Waals surface area contributed by atoms with Gasteiger partial charge < -0.3 is 9.80 Å². The van der Waals surface area contributed by atoms with Gasteiger partial charge in [-0.1, -0.05) is 40.2 Å². The molecule has 0 saturated carbocycles. The van der Waals surface area contributed by atoms with Gasteiger partial charge in [-0.2, -0.15) is 0 Å². The Morgan fingerprint density at radius 1 is 1.00 bits per heavy atom. The summed E-state index contributed by atoms with van der Waals surface area (Å²) in [4.78, 5) is 35.6. The fourth-order valence-corrected chi connectivity index (χ4v) is 4.24. The Bertz CT molecular complexity index is 1420. The summed E-state index contributed by atoms with van der Waals surface area (Å²) >= 11 is 3.44. The number of aromatic nitrogens is 2. The predicted molar refractivity (Wildman–Crippen MR) is 139 cm³/mol. The van der Waals surface area contributed by atoms with Crippen LogP contribution in [0.1, 0.15) is 29.1 Å². The number of halogens is 2. The topological polar surface area (TPSA) is 58.4 Å². The molecular weight excluding hydrogens is 511 g/mol. The van der Waals surface area contributed by atoms with Crippen molar-refractivity contribution in [3.63, 3.8) is 0 Å². The monoisotopic (exact) mass is 536 g/mol. The first-order chi connectivity index (χ1) is 16.8. The number of nitrogens with zero attached hydrogens (tertiary/aromatic N) is 4. The maximum absolute atomic E-state index is 14.6. The number of benzene rings is 3. The van der Waals surface area contributed by atoms with Crippen LogP contribution in [0.4, 0.5) is 4.39 Å². The third-order valence-corrected chi connectivity index (χ3v) is 6.41. The van der Waals surface area contributed by atoms with Gasteiger partial charge in [0.1, 0.15) is 11.6 Å². The van der Waals surface area contributed by atoms with Gasteiger partial charge in [0.2, 0.25) is 0 Å². The summed E-state index contributed by atoms with van der Waals surface area (Å²) in [6, 6.07) is 19.8. The molecule has 3 aromatic carbocycles. The zero-order valence-corrected chi connectivity index (χ0v) is 21.4. The van der Waals surface area contributed by atoms with E-state index < -0.39 is 17.8 Å². The minimum absolute atomic E-state index is 0.0172. The molecule has 0 spiro atoms. The molecule has 1 heterocycles. The highest BCUT2D eigenvalue weighted by atomic mass is 79.9. The second-order valence-corrected chi connectivity index (χ2v) is 9.48. The van der Waals surface area contributed by atoms with Gasteiger partial charge in [-0.05, 0) is 69.6 Å². The molecule has 1 unspecified atom stereocenters. The number of hydrogen-bond acceptors (Lipinski definition) is 4. The Morgan fingerprint density at radius 2 is 1.66 bits per heavy atom. The number of carbonyl (C=O) groups excluding carboxylic acids is 1. The highest BCUT2D eigenvalue weighted by Crippen LogP contribution is 2.25. The molecule has 1 amide bonds. The van der Waals surface area contributed by atoms with Gasteiger partial charge in [0.25, 0.3) is 11.5 Å². The summed E-state index contributed by atoms with van der Waals surface area (Å²) in [5.41, 5.74) is 0.921. The highest BCUT2D eigenvalue weighted by molar-refractivity contribution is 9.10. The van der Waals surface area contributed by atoms with E-state index in [0.717, 1.165) is 4.47 Å². The van der Waals surface area contributed by atoms with Crippen molar-refractivity contribution in [2.24, 2.45) is 0 Å².